The molecule has 2 N–H and O–H groups in total. The fourth-order valence-corrected chi connectivity index (χ4v) is 3.83. The summed E-state index contributed by atoms with van der Waals surface area (Å²) in [6.45, 7) is 2.87. The van der Waals surface area contributed by atoms with E-state index in [0.717, 1.165) is 5.56 Å². The lowest BCUT2D eigenvalue weighted by atomic mass is 9.72. The van der Waals surface area contributed by atoms with Gasteiger partial charge in [0.25, 0.3) is 0 Å². The lowest BCUT2D eigenvalue weighted by Gasteiger charge is -2.34. The number of ether oxygens (including phenoxy) is 3. The van der Waals surface area contributed by atoms with Crippen LogP contribution in [0.5, 0.6) is 11.5 Å². The molecule has 3 rings (SSSR count). The molecular weight excluding hydrogens is 350 g/mol. The molecule has 2 aliphatic rings. The van der Waals surface area contributed by atoms with Crippen LogP contribution in [0.4, 0.5) is 4.79 Å². The molecule has 7 nitrogen and oxygen atoms in total. The molecule has 1 amide bonds. The summed E-state index contributed by atoms with van der Waals surface area (Å²) >= 11 is 0. The number of benzene rings is 1. The Morgan fingerprint density at radius 1 is 1.33 bits per heavy atom. The largest absolute Gasteiger partial charge is 0.493 e. The monoisotopic (exact) mass is 379 g/mol. The Labute approximate surface area is 159 Å². The molecule has 1 aliphatic carbocycles. The van der Waals surface area contributed by atoms with E-state index in [-0.39, 0.29) is 12.5 Å². The summed E-state index contributed by atoms with van der Waals surface area (Å²) in [5.74, 6) is 1.76. The second-order valence-electron chi connectivity index (χ2n) is 7.77. The molecule has 1 heterocycles. The van der Waals surface area contributed by atoms with Crippen molar-refractivity contribution in [2.45, 2.75) is 31.8 Å². The van der Waals surface area contributed by atoms with E-state index >= 15 is 0 Å². The predicted octanol–water partition coefficient (Wildman–Crippen LogP) is 2.01. The summed E-state index contributed by atoms with van der Waals surface area (Å²) in [5.41, 5.74) is 0.230. The highest BCUT2D eigenvalue weighted by Crippen LogP contribution is 2.47. The summed E-state index contributed by atoms with van der Waals surface area (Å²) in [6.07, 6.45) is 0.988. The lowest BCUT2D eigenvalue weighted by molar-refractivity contribution is -0.00849. The number of aliphatic hydroxyl groups excluding tert-OH is 2. The molecule has 150 valence electrons. The van der Waals surface area contributed by atoms with E-state index < -0.39 is 17.6 Å². The van der Waals surface area contributed by atoms with E-state index in [1.807, 2.05) is 25.1 Å². The number of carbonyl (C=O) groups excluding carboxylic acids is 1. The van der Waals surface area contributed by atoms with Gasteiger partial charge < -0.3 is 29.3 Å². The number of likely N-dealkylation sites (tertiary alicyclic amines) is 1. The van der Waals surface area contributed by atoms with Crippen LogP contribution in [0.15, 0.2) is 18.2 Å². The van der Waals surface area contributed by atoms with Gasteiger partial charge in [-0.25, -0.2) is 4.79 Å². The first kappa shape index (κ1) is 19.8. The quantitative estimate of drug-likeness (QED) is 0.753. The van der Waals surface area contributed by atoms with Crippen LogP contribution < -0.4 is 9.47 Å². The third-order valence-electron chi connectivity index (χ3n) is 5.86. The second-order valence-corrected chi connectivity index (χ2v) is 7.77. The van der Waals surface area contributed by atoms with Crippen molar-refractivity contribution < 1.29 is 29.2 Å². The molecule has 0 aromatic heterocycles. The molecule has 1 saturated heterocycles. The van der Waals surface area contributed by atoms with Crippen molar-refractivity contribution >= 4 is 6.09 Å². The average Bonchev–Trinajstić information content (AvgIpc) is 3.45. The Balaban J connectivity index is 1.90. The van der Waals surface area contributed by atoms with Gasteiger partial charge in [0.15, 0.2) is 11.5 Å². The van der Waals surface area contributed by atoms with E-state index in [9.17, 15) is 15.0 Å². The Morgan fingerprint density at radius 2 is 2.07 bits per heavy atom. The number of nitrogens with zero attached hydrogens (tertiary/aromatic N) is 1. The van der Waals surface area contributed by atoms with Crippen LogP contribution in [0.3, 0.4) is 0 Å². The smallest absolute Gasteiger partial charge is 0.409 e. The number of hydrogen-bond acceptors (Lipinski definition) is 6. The van der Waals surface area contributed by atoms with Gasteiger partial charge in [0.2, 0.25) is 0 Å². The average molecular weight is 379 g/mol. The third-order valence-corrected chi connectivity index (χ3v) is 5.86. The predicted molar refractivity (Wildman–Crippen MR) is 99.1 cm³/mol. The van der Waals surface area contributed by atoms with Crippen molar-refractivity contribution in [1.82, 2.24) is 4.90 Å². The minimum atomic E-state index is -0.963. The standard InChI is InChI=1S/C20H29NO6/c1-20(18(23)10-22)12-21(19(24)26-3)9-15(20)14-6-7-16(25-2)17(8-14)27-11-13-4-5-13/h6-8,13,15,18,22-23H,4-5,9-12H2,1-3H3/t15-,18?,20+/m0/s1. The highest BCUT2D eigenvalue weighted by atomic mass is 16.5. The first-order valence-corrected chi connectivity index (χ1v) is 9.35. The Kier molecular flexibility index (Phi) is 5.81. The van der Waals surface area contributed by atoms with Gasteiger partial charge in [-0.15, -0.1) is 0 Å². The second kappa shape index (κ2) is 7.94. The molecule has 0 bridgehead atoms. The summed E-state index contributed by atoms with van der Waals surface area (Å²) in [6, 6.07) is 5.70. The molecule has 27 heavy (non-hydrogen) atoms. The van der Waals surface area contributed by atoms with Crippen molar-refractivity contribution in [1.29, 1.82) is 0 Å². The van der Waals surface area contributed by atoms with E-state index in [2.05, 4.69) is 0 Å². The molecule has 3 atom stereocenters. The number of rotatable bonds is 7. The maximum absolute atomic E-state index is 12.1. The zero-order valence-electron chi connectivity index (χ0n) is 16.2. The highest BCUT2D eigenvalue weighted by molar-refractivity contribution is 5.68. The fraction of sp³-hybridized carbons (Fsp3) is 0.650. The molecule has 0 spiro atoms. The molecule has 1 saturated carbocycles. The van der Waals surface area contributed by atoms with Crippen molar-refractivity contribution in [3.05, 3.63) is 23.8 Å². The first-order valence-electron chi connectivity index (χ1n) is 9.35. The van der Waals surface area contributed by atoms with E-state index in [1.165, 1.54) is 20.0 Å². The van der Waals surface area contributed by atoms with Crippen molar-refractivity contribution in [2.75, 3.05) is 40.5 Å². The molecule has 1 aromatic carbocycles. The topological polar surface area (TPSA) is 88.5 Å². The maximum atomic E-state index is 12.1. The van der Waals surface area contributed by atoms with Crippen molar-refractivity contribution in [3.8, 4) is 11.5 Å². The van der Waals surface area contributed by atoms with Crippen LogP contribution in [-0.4, -0.2) is 67.8 Å². The molecule has 1 aliphatic heterocycles. The SMILES string of the molecule is COC(=O)N1C[C@@H](c2ccc(OC)c(OCC3CC3)c2)[C@](C)(C(O)CO)C1. The van der Waals surface area contributed by atoms with Gasteiger partial charge in [0, 0.05) is 24.4 Å². The van der Waals surface area contributed by atoms with Crippen molar-refractivity contribution in [3.63, 3.8) is 0 Å². The Bertz CT molecular complexity index is 676. The van der Waals surface area contributed by atoms with Crippen LogP contribution in [0.2, 0.25) is 0 Å². The van der Waals surface area contributed by atoms with Gasteiger partial charge in [0.1, 0.15) is 0 Å². The molecule has 0 radical (unpaired) electrons. The fourth-order valence-electron chi connectivity index (χ4n) is 3.83. The molecule has 1 aromatic rings. The van der Waals surface area contributed by atoms with Crippen LogP contribution >= 0.6 is 0 Å². The van der Waals surface area contributed by atoms with Crippen LogP contribution in [0, 0.1) is 11.3 Å². The maximum Gasteiger partial charge on any atom is 0.409 e. The summed E-state index contributed by atoms with van der Waals surface area (Å²) < 4.78 is 16.2. The van der Waals surface area contributed by atoms with Gasteiger partial charge in [-0.3, -0.25) is 0 Å². The molecule has 7 heteroatoms. The zero-order valence-corrected chi connectivity index (χ0v) is 16.2. The van der Waals surface area contributed by atoms with Gasteiger partial charge in [-0.2, -0.15) is 0 Å². The molecule has 1 unspecified atom stereocenters. The van der Waals surface area contributed by atoms with Crippen LogP contribution in [0.1, 0.15) is 31.2 Å². The van der Waals surface area contributed by atoms with E-state index in [0.29, 0.717) is 37.1 Å². The number of aliphatic hydroxyl groups is 2. The summed E-state index contributed by atoms with van der Waals surface area (Å²) in [7, 11) is 2.94. The number of methoxy groups -OCH3 is 2. The zero-order chi connectivity index (χ0) is 19.6. The first-order chi connectivity index (χ1) is 12.9. The summed E-state index contributed by atoms with van der Waals surface area (Å²) in [5, 5.41) is 20.1. The van der Waals surface area contributed by atoms with Gasteiger partial charge in [-0.1, -0.05) is 13.0 Å². The summed E-state index contributed by atoms with van der Waals surface area (Å²) in [4.78, 5) is 13.6. The normalized spacial score (nSPS) is 26.0. The molecular formula is C20H29NO6. The van der Waals surface area contributed by atoms with Gasteiger partial charge >= 0.3 is 6.09 Å². The van der Waals surface area contributed by atoms with Gasteiger partial charge in [0.05, 0.1) is 33.5 Å². The number of hydrogen-bond donors (Lipinski definition) is 2. The van der Waals surface area contributed by atoms with Gasteiger partial charge in [-0.05, 0) is 36.5 Å². The number of amides is 1. The minimum absolute atomic E-state index is 0.173. The van der Waals surface area contributed by atoms with E-state index in [1.54, 1.807) is 12.0 Å². The van der Waals surface area contributed by atoms with E-state index in [4.69, 9.17) is 14.2 Å². The Hall–Kier alpha value is -1.99. The van der Waals surface area contributed by atoms with Crippen LogP contribution in [-0.2, 0) is 4.74 Å². The minimum Gasteiger partial charge on any atom is -0.493 e. The Morgan fingerprint density at radius 3 is 2.67 bits per heavy atom. The van der Waals surface area contributed by atoms with Crippen molar-refractivity contribution in [2.24, 2.45) is 11.3 Å². The highest BCUT2D eigenvalue weighted by Gasteiger charge is 2.50. The lowest BCUT2D eigenvalue weighted by Crippen LogP contribution is -2.41. The number of carbonyl (C=O) groups is 1. The molecule has 2 fully saturated rings. The third kappa shape index (κ3) is 3.99. The van der Waals surface area contributed by atoms with Crippen LogP contribution in [0.25, 0.3) is 0 Å².